The van der Waals surface area contributed by atoms with Crippen LogP contribution in [0.2, 0.25) is 0 Å². The molecule has 0 rings (SSSR count). The Morgan fingerprint density at radius 2 is 0.750 bits per heavy atom. The molecule has 0 saturated carbocycles. The first-order valence-electron chi connectivity index (χ1n) is 21.3. The van der Waals surface area contributed by atoms with Gasteiger partial charge >= 0.3 is 0 Å². The summed E-state index contributed by atoms with van der Waals surface area (Å²) in [6.45, 7) is 9.09. The van der Waals surface area contributed by atoms with Crippen molar-refractivity contribution in [1.29, 1.82) is 0 Å². The highest BCUT2D eigenvalue weighted by molar-refractivity contribution is 6.00. The molecule has 0 spiro atoms. The van der Waals surface area contributed by atoms with E-state index in [0.29, 0.717) is 39.1 Å². The van der Waals surface area contributed by atoms with Gasteiger partial charge in [-0.1, -0.05) is 187 Å². The number of nitrogens with one attached hydrogen (secondary N) is 2. The van der Waals surface area contributed by atoms with E-state index in [-0.39, 0.29) is 11.8 Å². The maximum absolute atomic E-state index is 13.2. The lowest BCUT2D eigenvalue weighted by Crippen LogP contribution is -2.45. The minimum atomic E-state index is -0.605. The molecule has 0 bridgehead atoms. The van der Waals surface area contributed by atoms with Crippen LogP contribution < -0.4 is 22.1 Å². The summed E-state index contributed by atoms with van der Waals surface area (Å²) in [5, 5.41) is 6.14. The molecule has 0 aliphatic carbocycles. The van der Waals surface area contributed by atoms with E-state index in [0.717, 1.165) is 38.8 Å². The number of hydrogen-bond acceptors (Lipinski definition) is 5. The van der Waals surface area contributed by atoms with Gasteiger partial charge in [-0.3, -0.25) is 14.5 Å². The minimum Gasteiger partial charge on any atom is -0.355 e. The summed E-state index contributed by atoms with van der Waals surface area (Å²) < 4.78 is 0. The van der Waals surface area contributed by atoms with Crippen molar-refractivity contribution in [2.45, 2.75) is 200 Å². The maximum atomic E-state index is 13.2. The number of nitrogens with two attached hydrogens (primary N) is 2. The van der Waals surface area contributed by atoms with Crippen LogP contribution in [0.15, 0.2) is 0 Å². The second-order valence-corrected chi connectivity index (χ2v) is 14.5. The highest BCUT2D eigenvalue weighted by Crippen LogP contribution is 2.16. The summed E-state index contributed by atoms with van der Waals surface area (Å²) in [6.07, 6.45) is 37.3. The molecule has 0 aromatic carbocycles. The van der Waals surface area contributed by atoms with Crippen LogP contribution in [0.25, 0.3) is 0 Å². The third-order valence-corrected chi connectivity index (χ3v) is 9.93. The molecule has 6 N–H and O–H groups in total. The number of rotatable bonds is 39. The summed E-state index contributed by atoms with van der Waals surface area (Å²) in [4.78, 5) is 28.5. The van der Waals surface area contributed by atoms with Gasteiger partial charge in [0.1, 0.15) is 5.92 Å². The van der Waals surface area contributed by atoms with Gasteiger partial charge in [-0.2, -0.15) is 0 Å². The maximum Gasteiger partial charge on any atom is 0.232 e. The first-order valence-corrected chi connectivity index (χ1v) is 21.3. The van der Waals surface area contributed by atoms with E-state index in [1.807, 2.05) is 0 Å². The molecule has 0 aliphatic rings. The minimum absolute atomic E-state index is 0.0994. The number of amides is 2. The van der Waals surface area contributed by atoms with Crippen molar-refractivity contribution in [2.24, 2.45) is 17.4 Å². The van der Waals surface area contributed by atoms with Crippen LogP contribution in [-0.4, -0.2) is 62.5 Å². The molecule has 2 amide bonds. The second kappa shape index (κ2) is 38.6. The molecular formula is C41H85N5O2. The van der Waals surface area contributed by atoms with Gasteiger partial charge in [-0.05, 0) is 12.8 Å². The molecule has 1 unspecified atom stereocenters. The van der Waals surface area contributed by atoms with Crippen LogP contribution >= 0.6 is 0 Å². The molecule has 0 aliphatic heterocycles. The van der Waals surface area contributed by atoms with E-state index >= 15 is 0 Å². The van der Waals surface area contributed by atoms with Crippen molar-refractivity contribution < 1.29 is 9.59 Å². The summed E-state index contributed by atoms with van der Waals surface area (Å²) >= 11 is 0. The first-order chi connectivity index (χ1) is 23.6. The van der Waals surface area contributed by atoms with Crippen molar-refractivity contribution in [1.82, 2.24) is 15.5 Å². The molecule has 0 heterocycles. The monoisotopic (exact) mass is 680 g/mol. The molecule has 0 aromatic heterocycles. The van der Waals surface area contributed by atoms with E-state index in [2.05, 4.69) is 29.4 Å². The molecule has 0 fully saturated rings. The van der Waals surface area contributed by atoms with Crippen molar-refractivity contribution in [2.75, 3.05) is 45.8 Å². The third kappa shape index (κ3) is 32.0. The van der Waals surface area contributed by atoms with Crippen LogP contribution in [-0.2, 0) is 9.59 Å². The van der Waals surface area contributed by atoms with E-state index in [1.54, 1.807) is 0 Å². The lowest BCUT2D eigenvalue weighted by Gasteiger charge is -2.22. The van der Waals surface area contributed by atoms with E-state index in [1.165, 1.54) is 154 Å². The molecule has 48 heavy (non-hydrogen) atoms. The van der Waals surface area contributed by atoms with Gasteiger partial charge in [0.2, 0.25) is 11.8 Å². The lowest BCUT2D eigenvalue weighted by atomic mass is 9.97. The summed E-state index contributed by atoms with van der Waals surface area (Å²) in [5.74, 6) is -0.840. The average molecular weight is 680 g/mol. The van der Waals surface area contributed by atoms with Gasteiger partial charge in [-0.25, -0.2) is 0 Å². The van der Waals surface area contributed by atoms with E-state index in [4.69, 9.17) is 11.5 Å². The molecule has 0 saturated heterocycles. The van der Waals surface area contributed by atoms with Gasteiger partial charge in [0, 0.05) is 45.8 Å². The second-order valence-electron chi connectivity index (χ2n) is 14.5. The molecule has 0 radical (unpaired) electrons. The molecular weight excluding hydrogens is 594 g/mol. The fourth-order valence-corrected chi connectivity index (χ4v) is 6.74. The largest absolute Gasteiger partial charge is 0.355 e. The normalized spacial score (nSPS) is 12.1. The smallest absolute Gasteiger partial charge is 0.232 e. The lowest BCUT2D eigenvalue weighted by molar-refractivity contribution is -0.135. The van der Waals surface area contributed by atoms with Crippen LogP contribution in [0.5, 0.6) is 0 Å². The number of nitrogens with zero attached hydrogens (tertiary/aromatic N) is 1. The molecule has 0 aromatic rings. The molecule has 1 atom stereocenters. The first kappa shape index (κ1) is 46.8. The standard InChI is InChI=1S/C41H85N5O2/c1-3-5-7-9-11-13-15-17-19-21-23-25-27-29-31-39(41(48)45-35-38-46(36-32-42)37-33-43)40(47)44-34-30-28-26-24-22-20-18-16-14-12-10-8-6-4-2/h39H,3-38,42-43H2,1-2H3,(H,44,47)(H,45,48). The van der Waals surface area contributed by atoms with Gasteiger partial charge in [0.25, 0.3) is 0 Å². The Labute approximate surface area is 299 Å². The number of hydrogen-bond donors (Lipinski definition) is 4. The number of unbranched alkanes of at least 4 members (excludes halogenated alkanes) is 26. The highest BCUT2D eigenvalue weighted by atomic mass is 16.2. The summed E-state index contributed by atoms with van der Waals surface area (Å²) in [7, 11) is 0. The average Bonchev–Trinajstić information content (AvgIpc) is 3.08. The highest BCUT2D eigenvalue weighted by Gasteiger charge is 2.25. The van der Waals surface area contributed by atoms with Crippen LogP contribution in [0, 0.1) is 5.92 Å². The van der Waals surface area contributed by atoms with Crippen LogP contribution in [0.3, 0.4) is 0 Å². The Bertz CT molecular complexity index is 671. The van der Waals surface area contributed by atoms with Crippen LogP contribution in [0.1, 0.15) is 200 Å². The van der Waals surface area contributed by atoms with Crippen LogP contribution in [0.4, 0.5) is 0 Å². The molecule has 286 valence electrons. The topological polar surface area (TPSA) is 113 Å². The number of carbonyl (C=O) groups excluding carboxylic acids is 2. The predicted molar refractivity (Wildman–Crippen MR) is 209 cm³/mol. The van der Waals surface area contributed by atoms with Gasteiger partial charge in [-0.15, -0.1) is 0 Å². The van der Waals surface area contributed by atoms with E-state index < -0.39 is 5.92 Å². The predicted octanol–water partition coefficient (Wildman–Crippen LogP) is 9.41. The Hall–Kier alpha value is -1.18. The zero-order valence-corrected chi connectivity index (χ0v) is 32.5. The van der Waals surface area contributed by atoms with Crippen molar-refractivity contribution in [3.63, 3.8) is 0 Å². The van der Waals surface area contributed by atoms with Crippen molar-refractivity contribution in [3.05, 3.63) is 0 Å². The summed E-state index contributed by atoms with van der Waals surface area (Å²) in [5.41, 5.74) is 11.5. The zero-order valence-electron chi connectivity index (χ0n) is 32.5. The Kier molecular flexibility index (Phi) is 37.7. The SMILES string of the molecule is CCCCCCCCCCCCCCCCNC(=O)C(CCCCCCCCCCCCCCCC)C(=O)NCCN(CCN)CCN. The quantitative estimate of drug-likeness (QED) is 0.0382. The van der Waals surface area contributed by atoms with Gasteiger partial charge in [0.15, 0.2) is 0 Å². The summed E-state index contributed by atoms with van der Waals surface area (Å²) in [6, 6.07) is 0. The zero-order chi connectivity index (χ0) is 35.2. The third-order valence-electron chi connectivity index (χ3n) is 9.93. The molecule has 7 nitrogen and oxygen atoms in total. The Morgan fingerprint density at radius 3 is 1.10 bits per heavy atom. The number of carbonyl (C=O) groups is 2. The fraction of sp³-hybridized carbons (Fsp3) is 0.951. The van der Waals surface area contributed by atoms with Gasteiger partial charge in [0.05, 0.1) is 0 Å². The Balaban J connectivity index is 4.25. The molecule has 7 heteroatoms. The van der Waals surface area contributed by atoms with Gasteiger partial charge < -0.3 is 22.1 Å². The fourth-order valence-electron chi connectivity index (χ4n) is 6.74. The van der Waals surface area contributed by atoms with E-state index in [9.17, 15) is 9.59 Å². The van der Waals surface area contributed by atoms with Crippen molar-refractivity contribution in [3.8, 4) is 0 Å². The Morgan fingerprint density at radius 1 is 0.438 bits per heavy atom. The van der Waals surface area contributed by atoms with Crippen molar-refractivity contribution >= 4 is 11.8 Å².